The van der Waals surface area contributed by atoms with Crippen molar-refractivity contribution < 1.29 is 0 Å². The molecule has 56 valence electrons. The maximum Gasteiger partial charge on any atom is 0.158 e. The molecule has 2 aromatic rings. The van der Waals surface area contributed by atoms with Gasteiger partial charge >= 0.3 is 0 Å². The van der Waals surface area contributed by atoms with E-state index in [0.29, 0.717) is 5.82 Å². The highest BCUT2D eigenvalue weighted by molar-refractivity contribution is 14.1. The molecule has 0 fully saturated rings. The van der Waals surface area contributed by atoms with Crippen LogP contribution in [0.25, 0.3) is 5.65 Å². The van der Waals surface area contributed by atoms with Gasteiger partial charge in [-0.25, -0.2) is 4.98 Å². The minimum Gasteiger partial charge on any atom is -0.384 e. The Hall–Kier alpha value is -0.850. The van der Waals surface area contributed by atoms with Gasteiger partial charge in [0.1, 0.15) is 9.52 Å². The van der Waals surface area contributed by atoms with Crippen LogP contribution in [-0.4, -0.2) is 14.6 Å². The lowest BCUT2D eigenvalue weighted by molar-refractivity contribution is 0.938. The van der Waals surface area contributed by atoms with Crippen LogP contribution in [0, 0.1) is 3.70 Å². The predicted octanol–water partition coefficient (Wildman–Crippen LogP) is 0.916. The molecule has 0 bridgehead atoms. The molecular formula is C6H5IN4. The van der Waals surface area contributed by atoms with E-state index in [1.54, 1.807) is 16.8 Å². The van der Waals surface area contributed by atoms with Gasteiger partial charge < -0.3 is 5.73 Å². The number of aromatic nitrogens is 3. The van der Waals surface area contributed by atoms with Gasteiger partial charge in [0.25, 0.3) is 0 Å². The fraction of sp³-hybridized carbons (Fsp3) is 0. The molecule has 5 heteroatoms. The highest BCUT2D eigenvalue weighted by Crippen LogP contribution is 2.08. The summed E-state index contributed by atoms with van der Waals surface area (Å²) in [6.07, 6.45) is 1.67. The average Bonchev–Trinajstić information content (AvgIpc) is 2.31. The largest absolute Gasteiger partial charge is 0.384 e. The van der Waals surface area contributed by atoms with Gasteiger partial charge in [0.15, 0.2) is 5.65 Å². The van der Waals surface area contributed by atoms with Gasteiger partial charge in [0.05, 0.1) is 0 Å². The second-order valence-electron chi connectivity index (χ2n) is 2.11. The Morgan fingerprint density at radius 3 is 3.09 bits per heavy atom. The van der Waals surface area contributed by atoms with Crippen LogP contribution in [0.2, 0.25) is 0 Å². The molecule has 0 radical (unpaired) electrons. The molecule has 0 unspecified atom stereocenters. The number of nitrogens with two attached hydrogens (primary N) is 1. The number of fused-ring (bicyclic) bond motifs is 1. The van der Waals surface area contributed by atoms with Crippen molar-refractivity contribution in [2.24, 2.45) is 0 Å². The summed E-state index contributed by atoms with van der Waals surface area (Å²) in [4.78, 5) is 4.08. The first-order valence-corrected chi connectivity index (χ1v) is 4.11. The number of hydrogen-bond acceptors (Lipinski definition) is 3. The molecule has 0 atom stereocenters. The number of anilines is 1. The van der Waals surface area contributed by atoms with E-state index in [9.17, 15) is 0 Å². The molecule has 0 aliphatic heterocycles. The van der Waals surface area contributed by atoms with E-state index in [4.69, 9.17) is 5.73 Å². The smallest absolute Gasteiger partial charge is 0.158 e. The van der Waals surface area contributed by atoms with E-state index >= 15 is 0 Å². The van der Waals surface area contributed by atoms with Crippen LogP contribution < -0.4 is 5.73 Å². The maximum absolute atomic E-state index is 5.63. The van der Waals surface area contributed by atoms with Gasteiger partial charge in [-0.15, -0.1) is 0 Å². The van der Waals surface area contributed by atoms with Crippen molar-refractivity contribution in [2.75, 3.05) is 5.73 Å². The summed E-state index contributed by atoms with van der Waals surface area (Å²) in [7, 11) is 0. The molecule has 0 aliphatic carbocycles. The van der Waals surface area contributed by atoms with E-state index in [-0.39, 0.29) is 0 Å². The normalized spacial score (nSPS) is 10.6. The second-order valence-corrected chi connectivity index (χ2v) is 3.21. The molecule has 2 heterocycles. The van der Waals surface area contributed by atoms with Crippen LogP contribution in [0.3, 0.4) is 0 Å². The molecule has 4 nitrogen and oxygen atoms in total. The quantitative estimate of drug-likeness (QED) is 0.716. The third kappa shape index (κ3) is 1.05. The topological polar surface area (TPSA) is 56.2 Å². The van der Waals surface area contributed by atoms with Crippen LogP contribution in [0.5, 0.6) is 0 Å². The van der Waals surface area contributed by atoms with Gasteiger partial charge in [-0.1, -0.05) is 0 Å². The van der Waals surface area contributed by atoms with Crippen molar-refractivity contribution in [3.05, 3.63) is 22.0 Å². The highest BCUT2D eigenvalue weighted by Gasteiger charge is 2.00. The van der Waals surface area contributed by atoms with Gasteiger partial charge in [-0.2, -0.15) is 9.61 Å². The Bertz CT molecular complexity index is 394. The van der Waals surface area contributed by atoms with Crippen molar-refractivity contribution >= 4 is 34.1 Å². The molecular weight excluding hydrogens is 255 g/mol. The van der Waals surface area contributed by atoms with E-state index in [0.717, 1.165) is 9.35 Å². The van der Waals surface area contributed by atoms with Gasteiger partial charge in [0.2, 0.25) is 0 Å². The van der Waals surface area contributed by atoms with Crippen LogP contribution in [-0.2, 0) is 0 Å². The Labute approximate surface area is 76.6 Å². The molecule has 0 amide bonds. The Balaban J connectivity index is 2.90. The number of nitrogens with zero attached hydrogens (tertiary/aromatic N) is 3. The lowest BCUT2D eigenvalue weighted by Crippen LogP contribution is -1.98. The van der Waals surface area contributed by atoms with Crippen molar-refractivity contribution in [2.45, 2.75) is 0 Å². The first kappa shape index (κ1) is 6.84. The number of hydrogen-bond donors (Lipinski definition) is 1. The van der Waals surface area contributed by atoms with E-state index < -0.39 is 0 Å². The third-order valence-corrected chi connectivity index (χ3v) is 1.88. The first-order chi connectivity index (χ1) is 5.27. The molecule has 0 saturated heterocycles. The fourth-order valence-electron chi connectivity index (χ4n) is 0.886. The first-order valence-electron chi connectivity index (χ1n) is 3.03. The van der Waals surface area contributed by atoms with Crippen molar-refractivity contribution in [3.8, 4) is 0 Å². The summed E-state index contributed by atoms with van der Waals surface area (Å²) >= 11 is 2.12. The lowest BCUT2D eigenvalue weighted by Gasteiger charge is -1.94. The minimum atomic E-state index is 0.609. The molecule has 0 aliphatic rings. The van der Waals surface area contributed by atoms with E-state index in [2.05, 4.69) is 32.7 Å². The van der Waals surface area contributed by atoms with Gasteiger partial charge in [-0.05, 0) is 28.7 Å². The highest BCUT2D eigenvalue weighted by atomic mass is 127. The molecule has 0 saturated carbocycles. The van der Waals surface area contributed by atoms with Crippen molar-refractivity contribution in [1.82, 2.24) is 14.6 Å². The van der Waals surface area contributed by atoms with Gasteiger partial charge in [0, 0.05) is 12.3 Å². The monoisotopic (exact) mass is 260 g/mol. The van der Waals surface area contributed by atoms with Crippen molar-refractivity contribution in [1.29, 1.82) is 0 Å². The molecule has 11 heavy (non-hydrogen) atoms. The maximum atomic E-state index is 5.63. The second kappa shape index (κ2) is 2.33. The average molecular weight is 260 g/mol. The number of halogens is 1. The summed E-state index contributed by atoms with van der Waals surface area (Å²) in [6, 6.07) is 3.59. The number of rotatable bonds is 0. The third-order valence-electron chi connectivity index (χ3n) is 1.36. The predicted molar refractivity (Wildman–Crippen MR) is 50.1 cm³/mol. The lowest BCUT2D eigenvalue weighted by atomic mass is 10.6. The fourth-order valence-corrected chi connectivity index (χ4v) is 1.38. The van der Waals surface area contributed by atoms with Crippen LogP contribution in [0.4, 0.5) is 5.82 Å². The zero-order valence-electron chi connectivity index (χ0n) is 5.53. The zero-order chi connectivity index (χ0) is 7.84. The molecule has 0 aromatic carbocycles. The minimum absolute atomic E-state index is 0.609. The summed E-state index contributed by atoms with van der Waals surface area (Å²) < 4.78 is 2.51. The SMILES string of the molecule is Nc1ccnc2cc(I)nn12. The summed E-state index contributed by atoms with van der Waals surface area (Å²) in [5.74, 6) is 0.609. The van der Waals surface area contributed by atoms with E-state index in [1.165, 1.54) is 0 Å². The summed E-state index contributed by atoms with van der Waals surface area (Å²) in [5, 5.41) is 4.13. The molecule has 2 aromatic heterocycles. The Kier molecular flexibility index (Phi) is 1.45. The molecule has 2 N–H and O–H groups in total. The Morgan fingerprint density at radius 1 is 1.55 bits per heavy atom. The van der Waals surface area contributed by atoms with Crippen LogP contribution in [0.1, 0.15) is 0 Å². The van der Waals surface area contributed by atoms with Crippen LogP contribution in [0.15, 0.2) is 18.3 Å². The molecule has 2 rings (SSSR count). The number of nitrogen functional groups attached to an aromatic ring is 1. The molecule has 0 spiro atoms. The van der Waals surface area contributed by atoms with Gasteiger partial charge in [-0.3, -0.25) is 0 Å². The van der Waals surface area contributed by atoms with Crippen molar-refractivity contribution in [3.63, 3.8) is 0 Å². The summed E-state index contributed by atoms with van der Waals surface area (Å²) in [5.41, 5.74) is 6.41. The Morgan fingerprint density at radius 2 is 2.36 bits per heavy atom. The zero-order valence-corrected chi connectivity index (χ0v) is 7.69. The standard InChI is InChI=1S/C6H5IN4/c7-4-3-6-9-2-1-5(8)11(6)10-4/h1-3H,8H2. The van der Waals surface area contributed by atoms with Crippen LogP contribution >= 0.6 is 22.6 Å². The summed E-state index contributed by atoms with van der Waals surface area (Å²) in [6.45, 7) is 0. The van der Waals surface area contributed by atoms with E-state index in [1.807, 2.05) is 6.07 Å².